The number of hydrogen-bond donors (Lipinski definition) is 1. The molecule has 0 aliphatic carbocycles. The molecule has 5 rings (SSSR count). The van der Waals surface area contributed by atoms with Crippen LogP contribution in [0.4, 0.5) is 8.78 Å². The van der Waals surface area contributed by atoms with Crippen LogP contribution in [0.25, 0.3) is 0 Å². The molecule has 1 atom stereocenters. The second kappa shape index (κ2) is 9.04. The molecule has 0 aromatic heterocycles. The first-order chi connectivity index (χ1) is 17.1. The zero-order valence-corrected chi connectivity index (χ0v) is 20.4. The SMILES string of the molecule is Cc1ccc(S(=O)(=O)N2CCC(c3cc(F)cc4c3CN(C3CCC(=O)NC3=O)C4=O)CC2)c(F)c1. The summed E-state index contributed by atoms with van der Waals surface area (Å²) in [5.74, 6) is -2.99. The first kappa shape index (κ1) is 24.5. The lowest BCUT2D eigenvalue weighted by atomic mass is 9.86. The van der Waals surface area contributed by atoms with Crippen LogP contribution >= 0.6 is 0 Å². The van der Waals surface area contributed by atoms with E-state index in [0.717, 1.165) is 6.07 Å². The van der Waals surface area contributed by atoms with Gasteiger partial charge in [0.25, 0.3) is 5.91 Å². The van der Waals surface area contributed by atoms with E-state index in [4.69, 9.17) is 0 Å². The number of fused-ring (bicyclic) bond motifs is 1. The number of hydrogen-bond acceptors (Lipinski definition) is 5. The van der Waals surface area contributed by atoms with Crippen LogP contribution in [0.2, 0.25) is 0 Å². The molecule has 2 aromatic rings. The van der Waals surface area contributed by atoms with E-state index in [1.807, 2.05) is 0 Å². The highest BCUT2D eigenvalue weighted by molar-refractivity contribution is 7.89. The molecule has 0 bridgehead atoms. The average molecular weight is 518 g/mol. The lowest BCUT2D eigenvalue weighted by Crippen LogP contribution is -2.52. The van der Waals surface area contributed by atoms with Crippen molar-refractivity contribution in [3.8, 4) is 0 Å². The summed E-state index contributed by atoms with van der Waals surface area (Å²) in [6.07, 6.45) is 1.06. The van der Waals surface area contributed by atoms with Gasteiger partial charge in [0, 0.05) is 31.6 Å². The Balaban J connectivity index is 1.36. The number of nitrogens with one attached hydrogen (secondary N) is 1. The summed E-state index contributed by atoms with van der Waals surface area (Å²) in [5.41, 5.74) is 2.04. The molecule has 8 nitrogen and oxygen atoms in total. The van der Waals surface area contributed by atoms with Crippen molar-refractivity contribution < 1.29 is 31.6 Å². The number of halogens is 2. The molecule has 3 heterocycles. The van der Waals surface area contributed by atoms with Gasteiger partial charge in [0.15, 0.2) is 0 Å². The van der Waals surface area contributed by atoms with Crippen LogP contribution in [-0.2, 0) is 26.2 Å². The highest BCUT2D eigenvalue weighted by Crippen LogP contribution is 2.38. The Kier molecular flexibility index (Phi) is 6.16. The number of nitrogens with zero attached hydrogens (tertiary/aromatic N) is 2. The number of sulfonamides is 1. The molecule has 2 saturated heterocycles. The largest absolute Gasteiger partial charge is 0.322 e. The maximum Gasteiger partial charge on any atom is 0.255 e. The van der Waals surface area contributed by atoms with Gasteiger partial charge in [0.05, 0.1) is 0 Å². The normalized spacial score (nSPS) is 21.6. The van der Waals surface area contributed by atoms with Gasteiger partial charge in [-0.15, -0.1) is 0 Å². The van der Waals surface area contributed by atoms with Gasteiger partial charge in [-0.05, 0) is 73.1 Å². The van der Waals surface area contributed by atoms with Crippen molar-refractivity contribution in [2.75, 3.05) is 13.1 Å². The van der Waals surface area contributed by atoms with Crippen LogP contribution in [-0.4, -0.2) is 54.5 Å². The molecule has 2 fully saturated rings. The van der Waals surface area contributed by atoms with E-state index >= 15 is 0 Å². The maximum absolute atomic E-state index is 14.6. The lowest BCUT2D eigenvalue weighted by Gasteiger charge is -2.32. The van der Waals surface area contributed by atoms with Crippen LogP contribution < -0.4 is 5.32 Å². The van der Waals surface area contributed by atoms with E-state index < -0.39 is 39.5 Å². The minimum absolute atomic E-state index is 0.114. The zero-order chi connectivity index (χ0) is 25.8. The Morgan fingerprint density at radius 2 is 1.72 bits per heavy atom. The van der Waals surface area contributed by atoms with Crippen molar-refractivity contribution in [3.05, 3.63) is 64.2 Å². The first-order valence-electron chi connectivity index (χ1n) is 11.8. The monoisotopic (exact) mass is 517 g/mol. The van der Waals surface area contributed by atoms with Gasteiger partial charge in [-0.2, -0.15) is 4.31 Å². The summed E-state index contributed by atoms with van der Waals surface area (Å²) in [6, 6.07) is 5.71. The predicted molar refractivity (Wildman–Crippen MR) is 124 cm³/mol. The number of aryl methyl sites for hydroxylation is 1. The van der Waals surface area contributed by atoms with E-state index in [1.54, 1.807) is 13.0 Å². The fraction of sp³-hybridized carbons (Fsp3) is 0.400. The van der Waals surface area contributed by atoms with Crippen LogP contribution in [0.3, 0.4) is 0 Å². The summed E-state index contributed by atoms with van der Waals surface area (Å²) in [6.45, 7) is 2.03. The second-order valence-electron chi connectivity index (χ2n) is 9.53. The van der Waals surface area contributed by atoms with Gasteiger partial charge < -0.3 is 4.90 Å². The van der Waals surface area contributed by atoms with Crippen molar-refractivity contribution >= 4 is 27.7 Å². The quantitative estimate of drug-likeness (QED) is 0.628. The molecule has 36 heavy (non-hydrogen) atoms. The molecule has 0 radical (unpaired) electrons. The first-order valence-corrected chi connectivity index (χ1v) is 13.2. The van der Waals surface area contributed by atoms with Crippen molar-refractivity contribution in [2.24, 2.45) is 0 Å². The average Bonchev–Trinajstić information content (AvgIpc) is 3.14. The molecule has 1 unspecified atom stereocenters. The fourth-order valence-corrected chi connectivity index (χ4v) is 6.89. The van der Waals surface area contributed by atoms with E-state index in [9.17, 15) is 31.6 Å². The van der Waals surface area contributed by atoms with Crippen LogP contribution in [0.15, 0.2) is 35.2 Å². The second-order valence-corrected chi connectivity index (χ2v) is 11.4. The molecule has 3 amide bonds. The van der Waals surface area contributed by atoms with Gasteiger partial charge >= 0.3 is 0 Å². The van der Waals surface area contributed by atoms with E-state index in [0.29, 0.717) is 29.5 Å². The Labute approximate surface area is 207 Å². The number of imide groups is 1. The van der Waals surface area contributed by atoms with Gasteiger partial charge in [-0.25, -0.2) is 17.2 Å². The standard InChI is InChI=1S/C25H25F2N3O5S/c1-14-2-4-22(20(27)10-14)36(34,35)29-8-6-15(7-9-29)17-11-16(26)12-18-19(17)13-30(25(18)33)21-3-5-23(31)28-24(21)32/h2,4,10-12,15,21H,3,5-9,13H2,1H3,(H,28,31,32). The van der Waals surface area contributed by atoms with Crippen LogP contribution in [0.5, 0.6) is 0 Å². The number of rotatable bonds is 4. The van der Waals surface area contributed by atoms with Crippen molar-refractivity contribution in [1.82, 2.24) is 14.5 Å². The van der Waals surface area contributed by atoms with Crippen molar-refractivity contribution in [1.29, 1.82) is 0 Å². The van der Waals surface area contributed by atoms with Gasteiger partial charge in [0.2, 0.25) is 21.8 Å². The molecular weight excluding hydrogens is 492 g/mol. The highest BCUT2D eigenvalue weighted by atomic mass is 32.2. The Morgan fingerprint density at radius 3 is 2.39 bits per heavy atom. The number of piperidine rings is 2. The van der Waals surface area contributed by atoms with E-state index in [1.165, 1.54) is 27.4 Å². The molecule has 0 saturated carbocycles. The minimum atomic E-state index is -4.03. The molecule has 0 spiro atoms. The third-order valence-corrected chi connectivity index (χ3v) is 9.19. The number of carbonyl (C=O) groups is 3. The summed E-state index contributed by atoms with van der Waals surface area (Å²) >= 11 is 0. The summed E-state index contributed by atoms with van der Waals surface area (Å²) in [4.78, 5) is 37.9. The Hall–Kier alpha value is -3.18. The molecule has 1 N–H and O–H groups in total. The molecule has 11 heteroatoms. The third-order valence-electron chi connectivity index (χ3n) is 7.25. The zero-order valence-electron chi connectivity index (χ0n) is 19.6. The summed E-state index contributed by atoms with van der Waals surface area (Å²) < 4.78 is 56.2. The smallest absolute Gasteiger partial charge is 0.255 e. The topological polar surface area (TPSA) is 104 Å². The van der Waals surface area contributed by atoms with Gasteiger partial charge in [-0.3, -0.25) is 19.7 Å². The molecule has 2 aromatic carbocycles. The molecule has 3 aliphatic rings. The number of benzene rings is 2. The van der Waals surface area contributed by atoms with Gasteiger partial charge in [0.1, 0.15) is 22.6 Å². The van der Waals surface area contributed by atoms with E-state index in [-0.39, 0.29) is 54.8 Å². The lowest BCUT2D eigenvalue weighted by molar-refractivity contribution is -0.136. The number of carbonyl (C=O) groups excluding carboxylic acids is 3. The van der Waals surface area contributed by atoms with Crippen LogP contribution in [0.1, 0.15) is 58.6 Å². The highest BCUT2D eigenvalue weighted by Gasteiger charge is 2.41. The molecule has 190 valence electrons. The van der Waals surface area contributed by atoms with E-state index in [2.05, 4.69) is 5.32 Å². The third kappa shape index (κ3) is 4.20. The number of amides is 3. The Bertz CT molecular complexity index is 1390. The maximum atomic E-state index is 14.6. The Morgan fingerprint density at radius 1 is 1.00 bits per heavy atom. The predicted octanol–water partition coefficient (Wildman–Crippen LogP) is 2.60. The molecular formula is C25H25F2N3O5S. The van der Waals surface area contributed by atoms with Crippen molar-refractivity contribution in [3.63, 3.8) is 0 Å². The summed E-state index contributed by atoms with van der Waals surface area (Å²) in [7, 11) is -4.03. The molecule has 3 aliphatic heterocycles. The minimum Gasteiger partial charge on any atom is -0.322 e. The van der Waals surface area contributed by atoms with Gasteiger partial charge in [-0.1, -0.05) is 6.07 Å². The fourth-order valence-electron chi connectivity index (χ4n) is 5.38. The van der Waals surface area contributed by atoms with Crippen LogP contribution in [0, 0.1) is 18.6 Å². The van der Waals surface area contributed by atoms with Crippen molar-refractivity contribution in [2.45, 2.75) is 56.0 Å². The summed E-state index contributed by atoms with van der Waals surface area (Å²) in [5, 5.41) is 2.25.